The fourth-order valence-electron chi connectivity index (χ4n) is 1.40. The van der Waals surface area contributed by atoms with Crippen LogP contribution in [0.1, 0.15) is 6.42 Å². The van der Waals surface area contributed by atoms with E-state index in [9.17, 15) is 18.4 Å². The summed E-state index contributed by atoms with van der Waals surface area (Å²) in [5, 5.41) is 13.3. The van der Waals surface area contributed by atoms with E-state index in [4.69, 9.17) is 11.5 Å². The molecule has 2 amide bonds. The van der Waals surface area contributed by atoms with Crippen molar-refractivity contribution >= 4 is 29.4 Å². The average Bonchev–Trinajstić information content (AvgIpc) is 2.39. The number of halogens is 2. The molecule has 0 saturated heterocycles. The monoisotopic (exact) mass is 314 g/mol. The summed E-state index contributed by atoms with van der Waals surface area (Å²) in [5.41, 5.74) is 0.158. The number of rotatable bonds is 6. The number of carboxylic acid groups (broad SMARTS) is 1. The maximum atomic E-state index is 12.4. The van der Waals surface area contributed by atoms with Gasteiger partial charge in [0.05, 0.1) is 5.69 Å². The van der Waals surface area contributed by atoms with Crippen molar-refractivity contribution in [2.75, 3.05) is 5.32 Å². The van der Waals surface area contributed by atoms with E-state index in [1.807, 2.05) is 0 Å². The van der Waals surface area contributed by atoms with Crippen molar-refractivity contribution in [3.63, 3.8) is 0 Å². The molecule has 0 fully saturated rings. The second-order valence-corrected chi connectivity index (χ2v) is 4.80. The van der Waals surface area contributed by atoms with Crippen LogP contribution in [-0.2, 0) is 4.79 Å². The Kier molecular flexibility index (Phi) is 6.49. The molecule has 8 heteroatoms. The Bertz CT molecular complexity index is 561. The van der Waals surface area contributed by atoms with E-state index in [0.717, 1.165) is 0 Å². The highest BCUT2D eigenvalue weighted by molar-refractivity contribution is 7.99. The summed E-state index contributed by atoms with van der Waals surface area (Å²) in [6, 6.07) is 3.88. The molecule has 1 rings (SSSR count). The van der Waals surface area contributed by atoms with Gasteiger partial charge >= 0.3 is 12.0 Å². The van der Waals surface area contributed by atoms with Gasteiger partial charge in [0, 0.05) is 11.3 Å². The van der Waals surface area contributed by atoms with E-state index in [-0.39, 0.29) is 28.8 Å². The van der Waals surface area contributed by atoms with Gasteiger partial charge in [-0.2, -0.15) is 8.78 Å². The molecule has 0 aromatic heterocycles. The number of aliphatic carboxylic acids is 1. The lowest BCUT2D eigenvalue weighted by molar-refractivity contribution is -0.139. The van der Waals surface area contributed by atoms with Crippen molar-refractivity contribution in [3.8, 4) is 12.3 Å². The molecule has 0 aliphatic heterocycles. The Hall–Kier alpha value is -2.27. The third-order valence-corrected chi connectivity index (χ3v) is 3.06. The molecule has 0 aliphatic rings. The van der Waals surface area contributed by atoms with Gasteiger partial charge < -0.3 is 15.7 Å². The second kappa shape index (κ2) is 8.11. The highest BCUT2D eigenvalue weighted by atomic mass is 32.2. The lowest BCUT2D eigenvalue weighted by Crippen LogP contribution is -2.42. The minimum absolute atomic E-state index is 0.158. The number of para-hydroxylation sites is 1. The number of hydrogen-bond acceptors (Lipinski definition) is 3. The zero-order valence-electron chi connectivity index (χ0n) is 10.7. The van der Waals surface area contributed by atoms with E-state index < -0.39 is 23.8 Å². The Morgan fingerprint density at radius 3 is 2.62 bits per heavy atom. The Morgan fingerprint density at radius 1 is 1.38 bits per heavy atom. The highest BCUT2D eigenvalue weighted by Crippen LogP contribution is 2.31. The Balaban J connectivity index is 2.75. The molecular formula is C13H12F2N2O3S. The van der Waals surface area contributed by atoms with Crippen molar-refractivity contribution in [1.29, 1.82) is 0 Å². The zero-order valence-corrected chi connectivity index (χ0v) is 11.5. The summed E-state index contributed by atoms with van der Waals surface area (Å²) in [7, 11) is 0. The van der Waals surface area contributed by atoms with Crippen LogP contribution in [0.2, 0.25) is 0 Å². The number of amides is 2. The van der Waals surface area contributed by atoms with Crippen LogP contribution < -0.4 is 10.6 Å². The molecule has 1 atom stereocenters. The van der Waals surface area contributed by atoms with Crippen molar-refractivity contribution in [1.82, 2.24) is 5.32 Å². The summed E-state index contributed by atoms with van der Waals surface area (Å²) in [6.07, 6.45) is 4.82. The number of hydrogen-bond donors (Lipinski definition) is 3. The summed E-state index contributed by atoms with van der Waals surface area (Å²) in [5.74, 6) is -1.79. The van der Waals surface area contributed by atoms with Crippen LogP contribution in [-0.4, -0.2) is 28.9 Å². The molecule has 112 valence electrons. The topological polar surface area (TPSA) is 78.4 Å². The smallest absolute Gasteiger partial charge is 0.327 e. The van der Waals surface area contributed by atoms with Gasteiger partial charge in [-0.05, 0) is 12.1 Å². The van der Waals surface area contributed by atoms with Gasteiger partial charge in [-0.3, -0.25) is 0 Å². The number of urea groups is 1. The maximum absolute atomic E-state index is 12.4. The first-order valence-electron chi connectivity index (χ1n) is 5.71. The first-order valence-corrected chi connectivity index (χ1v) is 6.59. The lowest BCUT2D eigenvalue weighted by Gasteiger charge is -2.14. The van der Waals surface area contributed by atoms with Crippen molar-refractivity contribution in [2.24, 2.45) is 0 Å². The average molecular weight is 314 g/mol. The minimum atomic E-state index is -2.63. The highest BCUT2D eigenvalue weighted by Gasteiger charge is 2.19. The van der Waals surface area contributed by atoms with Crippen LogP contribution in [0.15, 0.2) is 29.2 Å². The van der Waals surface area contributed by atoms with Gasteiger partial charge in [-0.25, -0.2) is 9.59 Å². The first kappa shape index (κ1) is 16.8. The summed E-state index contributed by atoms with van der Waals surface area (Å²) < 4.78 is 24.8. The van der Waals surface area contributed by atoms with Gasteiger partial charge in [0.25, 0.3) is 5.76 Å². The fraction of sp³-hybridized carbons (Fsp3) is 0.231. The molecule has 0 heterocycles. The number of terminal acetylenes is 1. The molecule has 0 radical (unpaired) electrons. The van der Waals surface area contributed by atoms with Crippen molar-refractivity contribution < 1.29 is 23.5 Å². The molecule has 21 heavy (non-hydrogen) atoms. The number of carboxylic acids is 1. The van der Waals surface area contributed by atoms with Crippen LogP contribution in [0.3, 0.4) is 0 Å². The van der Waals surface area contributed by atoms with Crippen molar-refractivity contribution in [2.45, 2.75) is 23.1 Å². The molecule has 3 N–H and O–H groups in total. The Labute approximate surface area is 124 Å². The number of carbonyl (C=O) groups is 2. The molecule has 1 aromatic rings. The SMILES string of the molecule is C#CCC(NC(=O)Nc1ccccc1SC(F)F)C(=O)O. The van der Waals surface area contributed by atoms with Gasteiger partial charge in [-0.1, -0.05) is 23.9 Å². The van der Waals surface area contributed by atoms with Crippen molar-refractivity contribution in [3.05, 3.63) is 24.3 Å². The Morgan fingerprint density at radius 2 is 2.05 bits per heavy atom. The predicted molar refractivity (Wildman–Crippen MR) is 75.3 cm³/mol. The number of thioether (sulfide) groups is 1. The number of carbonyl (C=O) groups excluding carboxylic acids is 1. The van der Waals surface area contributed by atoms with E-state index >= 15 is 0 Å². The molecule has 5 nitrogen and oxygen atoms in total. The minimum Gasteiger partial charge on any atom is -0.480 e. The van der Waals surface area contributed by atoms with Crippen LogP contribution in [0.4, 0.5) is 19.3 Å². The number of nitrogens with one attached hydrogen (secondary N) is 2. The molecule has 1 unspecified atom stereocenters. The van der Waals surface area contributed by atoms with E-state index in [2.05, 4.69) is 16.6 Å². The van der Waals surface area contributed by atoms with E-state index in [1.165, 1.54) is 12.1 Å². The van der Waals surface area contributed by atoms with Gasteiger partial charge in [0.1, 0.15) is 6.04 Å². The van der Waals surface area contributed by atoms with Crippen LogP contribution in [0, 0.1) is 12.3 Å². The zero-order chi connectivity index (χ0) is 15.8. The van der Waals surface area contributed by atoms with Gasteiger partial charge in [0.2, 0.25) is 0 Å². The third kappa shape index (κ3) is 5.71. The van der Waals surface area contributed by atoms with E-state index in [0.29, 0.717) is 0 Å². The largest absolute Gasteiger partial charge is 0.480 e. The quantitative estimate of drug-likeness (QED) is 0.557. The summed E-state index contributed by atoms with van der Waals surface area (Å²) in [6.45, 7) is 0. The standard InChI is InChI=1S/C13H12F2N2O3S/c1-2-5-9(11(18)19)17-13(20)16-8-6-3-4-7-10(8)21-12(14)15/h1,3-4,6-7,9,12H,5H2,(H,18,19)(H2,16,17,20). The number of alkyl halides is 2. The predicted octanol–water partition coefficient (Wildman–Crippen LogP) is 2.60. The number of anilines is 1. The number of benzene rings is 1. The molecule has 0 spiro atoms. The van der Waals surface area contributed by atoms with Gasteiger partial charge in [-0.15, -0.1) is 12.3 Å². The van der Waals surface area contributed by atoms with Crippen LogP contribution in [0.5, 0.6) is 0 Å². The lowest BCUT2D eigenvalue weighted by atomic mass is 10.2. The second-order valence-electron chi connectivity index (χ2n) is 3.77. The van der Waals surface area contributed by atoms with Gasteiger partial charge in [0.15, 0.2) is 0 Å². The molecule has 0 bridgehead atoms. The van der Waals surface area contributed by atoms with Crippen LogP contribution in [0.25, 0.3) is 0 Å². The third-order valence-electron chi connectivity index (χ3n) is 2.28. The first-order chi connectivity index (χ1) is 9.93. The fourth-order valence-corrected chi connectivity index (χ4v) is 2.00. The molecule has 0 aliphatic carbocycles. The van der Waals surface area contributed by atoms with E-state index in [1.54, 1.807) is 12.1 Å². The normalized spacial score (nSPS) is 11.5. The maximum Gasteiger partial charge on any atom is 0.327 e. The molecule has 0 saturated carbocycles. The van der Waals surface area contributed by atoms with Crippen LogP contribution >= 0.6 is 11.8 Å². The summed E-state index contributed by atoms with van der Waals surface area (Å²) >= 11 is 0.278. The molecular weight excluding hydrogens is 302 g/mol. The summed E-state index contributed by atoms with van der Waals surface area (Å²) in [4.78, 5) is 22.7. The molecule has 1 aromatic carbocycles.